The van der Waals surface area contributed by atoms with Crippen LogP contribution in [-0.4, -0.2) is 41.2 Å². The molecule has 20 heavy (non-hydrogen) atoms. The zero-order valence-electron chi connectivity index (χ0n) is 11.8. The number of carbonyl (C=O) groups excluding carboxylic acids is 1. The van der Waals surface area contributed by atoms with Crippen molar-refractivity contribution in [2.75, 3.05) is 13.2 Å². The van der Waals surface area contributed by atoms with E-state index in [1.807, 2.05) is 13.8 Å². The van der Waals surface area contributed by atoms with Gasteiger partial charge in [-0.05, 0) is 54.9 Å². The van der Waals surface area contributed by atoms with Crippen LogP contribution in [0.2, 0.25) is 5.02 Å². The Kier molecular flexibility index (Phi) is 6.79. The number of nitrogens with zero attached hydrogens (tertiary/aromatic N) is 1. The Morgan fingerprint density at radius 1 is 1.45 bits per heavy atom. The Morgan fingerprint density at radius 2 is 2.10 bits per heavy atom. The lowest BCUT2D eigenvalue weighted by molar-refractivity contribution is -0.140. The largest absolute Gasteiger partial charge is 0.480 e. The number of aliphatic hydroxyl groups excluding tert-OH is 1. The Balaban J connectivity index is 2.78. The fraction of sp³-hybridized carbons (Fsp3) is 0.500. The molecule has 1 unspecified atom stereocenters. The second-order valence-corrected chi connectivity index (χ2v) is 5.97. The Hall–Kier alpha value is -0.780. The molecule has 1 aromatic carbocycles. The van der Waals surface area contributed by atoms with Crippen molar-refractivity contribution >= 4 is 33.4 Å². The molecule has 112 valence electrons. The van der Waals surface area contributed by atoms with Crippen LogP contribution in [0, 0.1) is 0 Å². The summed E-state index contributed by atoms with van der Waals surface area (Å²) < 4.78 is 6.36. The molecular formula is C14H19BrClNO3. The van der Waals surface area contributed by atoms with Crippen LogP contribution in [-0.2, 0) is 4.79 Å². The topological polar surface area (TPSA) is 49.8 Å². The normalized spacial score (nSPS) is 12.3. The second-order valence-electron chi connectivity index (χ2n) is 4.68. The predicted molar refractivity (Wildman–Crippen MR) is 83.2 cm³/mol. The second kappa shape index (κ2) is 7.86. The van der Waals surface area contributed by atoms with Crippen LogP contribution >= 0.6 is 27.5 Å². The third kappa shape index (κ3) is 4.65. The summed E-state index contributed by atoms with van der Waals surface area (Å²) in [5.74, 6) is 0.402. The quantitative estimate of drug-likeness (QED) is 0.844. The van der Waals surface area contributed by atoms with Crippen molar-refractivity contribution in [3.8, 4) is 5.75 Å². The lowest BCUT2D eigenvalue weighted by Gasteiger charge is -2.29. The van der Waals surface area contributed by atoms with Gasteiger partial charge in [0, 0.05) is 17.6 Å². The minimum Gasteiger partial charge on any atom is -0.480 e. The number of halogens is 2. The van der Waals surface area contributed by atoms with Crippen LogP contribution in [0.1, 0.15) is 20.8 Å². The monoisotopic (exact) mass is 363 g/mol. The van der Waals surface area contributed by atoms with Gasteiger partial charge in [0.2, 0.25) is 0 Å². The van der Waals surface area contributed by atoms with E-state index in [0.29, 0.717) is 21.8 Å². The Labute approximate surface area is 132 Å². The van der Waals surface area contributed by atoms with Gasteiger partial charge in [-0.3, -0.25) is 4.79 Å². The summed E-state index contributed by atoms with van der Waals surface area (Å²) in [6.45, 7) is 5.72. The van der Waals surface area contributed by atoms with E-state index in [2.05, 4.69) is 15.9 Å². The summed E-state index contributed by atoms with van der Waals surface area (Å²) in [7, 11) is 0. The van der Waals surface area contributed by atoms with Gasteiger partial charge in [-0.25, -0.2) is 0 Å². The number of hydrogen-bond donors (Lipinski definition) is 1. The number of ether oxygens (including phenoxy) is 1. The first-order valence-electron chi connectivity index (χ1n) is 6.39. The number of carbonyl (C=O) groups is 1. The summed E-state index contributed by atoms with van der Waals surface area (Å²) in [6, 6.07) is 5.13. The fourth-order valence-corrected chi connectivity index (χ4v) is 2.55. The van der Waals surface area contributed by atoms with Gasteiger partial charge in [0.15, 0.2) is 6.10 Å². The molecular weight excluding hydrogens is 346 g/mol. The number of aliphatic hydroxyl groups is 1. The molecule has 0 saturated carbocycles. The first-order valence-corrected chi connectivity index (χ1v) is 7.57. The first kappa shape index (κ1) is 17.3. The molecule has 1 amide bonds. The lowest BCUT2D eigenvalue weighted by Crippen LogP contribution is -2.45. The summed E-state index contributed by atoms with van der Waals surface area (Å²) in [6.07, 6.45) is -0.638. The molecule has 0 spiro atoms. The first-order chi connectivity index (χ1) is 9.36. The highest BCUT2D eigenvalue weighted by Crippen LogP contribution is 2.29. The van der Waals surface area contributed by atoms with Gasteiger partial charge >= 0.3 is 0 Å². The van der Waals surface area contributed by atoms with Gasteiger partial charge in [0.05, 0.1) is 11.1 Å². The van der Waals surface area contributed by atoms with Crippen LogP contribution in [0.25, 0.3) is 0 Å². The van der Waals surface area contributed by atoms with Crippen molar-refractivity contribution < 1.29 is 14.6 Å². The van der Waals surface area contributed by atoms with Crippen molar-refractivity contribution in [2.45, 2.75) is 32.9 Å². The molecule has 0 saturated heterocycles. The SMILES string of the molecule is CC(Oc1ccc(Cl)cc1Br)C(=O)N(CCO)C(C)C. The average molecular weight is 365 g/mol. The molecule has 6 heteroatoms. The van der Waals surface area contributed by atoms with Crippen LogP contribution in [0.15, 0.2) is 22.7 Å². The van der Waals surface area contributed by atoms with Crippen LogP contribution in [0.5, 0.6) is 5.75 Å². The van der Waals surface area contributed by atoms with Crippen LogP contribution in [0.4, 0.5) is 0 Å². The van der Waals surface area contributed by atoms with E-state index in [4.69, 9.17) is 21.4 Å². The van der Waals surface area contributed by atoms with E-state index in [-0.39, 0.29) is 18.6 Å². The highest BCUT2D eigenvalue weighted by atomic mass is 79.9. The van der Waals surface area contributed by atoms with Gasteiger partial charge in [-0.15, -0.1) is 0 Å². The fourth-order valence-electron chi connectivity index (χ4n) is 1.78. The third-order valence-electron chi connectivity index (χ3n) is 2.79. The summed E-state index contributed by atoms with van der Waals surface area (Å²) in [5, 5.41) is 9.61. The van der Waals surface area contributed by atoms with Gasteiger partial charge in [-0.1, -0.05) is 11.6 Å². The van der Waals surface area contributed by atoms with Crippen molar-refractivity contribution in [1.29, 1.82) is 0 Å². The molecule has 0 aliphatic rings. The minimum atomic E-state index is -0.638. The van der Waals surface area contributed by atoms with E-state index >= 15 is 0 Å². The minimum absolute atomic E-state index is 0.00867. The molecule has 0 aliphatic carbocycles. The molecule has 0 fully saturated rings. The van der Waals surface area contributed by atoms with Crippen molar-refractivity contribution in [3.63, 3.8) is 0 Å². The number of hydrogen-bond acceptors (Lipinski definition) is 3. The molecule has 0 aliphatic heterocycles. The van der Waals surface area contributed by atoms with Crippen molar-refractivity contribution in [2.24, 2.45) is 0 Å². The molecule has 1 N–H and O–H groups in total. The Bertz CT molecular complexity index is 468. The number of amides is 1. The predicted octanol–water partition coefficient (Wildman–Crippen LogP) is 3.10. The maximum absolute atomic E-state index is 12.3. The smallest absolute Gasteiger partial charge is 0.263 e. The van der Waals surface area contributed by atoms with E-state index in [0.717, 1.165) is 0 Å². The van der Waals surface area contributed by atoms with Crippen molar-refractivity contribution in [1.82, 2.24) is 4.90 Å². The van der Waals surface area contributed by atoms with Crippen LogP contribution in [0.3, 0.4) is 0 Å². The molecule has 1 aromatic rings. The molecule has 1 rings (SSSR count). The highest BCUT2D eigenvalue weighted by molar-refractivity contribution is 9.10. The molecule has 1 atom stereocenters. The zero-order valence-corrected chi connectivity index (χ0v) is 14.1. The molecule has 0 heterocycles. The van der Waals surface area contributed by atoms with E-state index in [9.17, 15) is 4.79 Å². The molecule has 0 radical (unpaired) electrons. The third-order valence-corrected chi connectivity index (χ3v) is 3.65. The Morgan fingerprint density at radius 3 is 2.60 bits per heavy atom. The summed E-state index contributed by atoms with van der Waals surface area (Å²) >= 11 is 9.21. The van der Waals surface area contributed by atoms with Gasteiger partial charge in [-0.2, -0.15) is 0 Å². The molecule has 0 aromatic heterocycles. The number of rotatable bonds is 6. The summed E-state index contributed by atoms with van der Waals surface area (Å²) in [5.41, 5.74) is 0. The van der Waals surface area contributed by atoms with E-state index in [1.54, 1.807) is 30.0 Å². The van der Waals surface area contributed by atoms with Gasteiger partial charge in [0.25, 0.3) is 5.91 Å². The lowest BCUT2D eigenvalue weighted by atomic mass is 10.2. The zero-order chi connectivity index (χ0) is 15.3. The van der Waals surface area contributed by atoms with Crippen LogP contribution < -0.4 is 4.74 Å². The maximum atomic E-state index is 12.3. The highest BCUT2D eigenvalue weighted by Gasteiger charge is 2.24. The number of benzene rings is 1. The summed E-state index contributed by atoms with van der Waals surface area (Å²) in [4.78, 5) is 13.9. The molecule has 4 nitrogen and oxygen atoms in total. The van der Waals surface area contributed by atoms with E-state index < -0.39 is 6.10 Å². The van der Waals surface area contributed by atoms with E-state index in [1.165, 1.54) is 0 Å². The standard InChI is InChI=1S/C14H19BrClNO3/c1-9(2)17(6-7-18)14(19)10(3)20-13-5-4-11(16)8-12(13)15/h4-5,8-10,18H,6-7H2,1-3H3. The average Bonchev–Trinajstić information content (AvgIpc) is 2.38. The molecule has 0 bridgehead atoms. The van der Waals surface area contributed by atoms with Gasteiger partial charge in [0.1, 0.15) is 5.75 Å². The van der Waals surface area contributed by atoms with Gasteiger partial charge < -0.3 is 14.7 Å². The van der Waals surface area contributed by atoms with Crippen molar-refractivity contribution in [3.05, 3.63) is 27.7 Å². The maximum Gasteiger partial charge on any atom is 0.263 e.